The van der Waals surface area contributed by atoms with Crippen molar-refractivity contribution in [3.63, 3.8) is 0 Å². The SMILES string of the molecule is Cc1ccc(Nc2nc(C(=O)NCC(C)O)cs2)cc1C. The molecule has 2 rings (SSSR count). The highest BCUT2D eigenvalue weighted by atomic mass is 32.1. The third-order valence-corrected chi connectivity index (χ3v) is 3.81. The number of aliphatic hydroxyl groups excluding tert-OH is 1. The summed E-state index contributed by atoms with van der Waals surface area (Å²) in [5.74, 6) is -0.278. The van der Waals surface area contributed by atoms with Crippen LogP contribution in [0.4, 0.5) is 10.8 Å². The summed E-state index contributed by atoms with van der Waals surface area (Å²) in [4.78, 5) is 16.1. The predicted molar refractivity (Wildman–Crippen MR) is 85.3 cm³/mol. The number of hydrogen-bond donors (Lipinski definition) is 3. The number of thiazole rings is 1. The topological polar surface area (TPSA) is 74.2 Å². The maximum atomic E-state index is 11.8. The number of benzene rings is 1. The summed E-state index contributed by atoms with van der Waals surface area (Å²) in [5.41, 5.74) is 3.74. The first kappa shape index (κ1) is 15.5. The Kier molecular flexibility index (Phi) is 4.93. The van der Waals surface area contributed by atoms with Crippen LogP contribution in [0.1, 0.15) is 28.5 Å². The predicted octanol–water partition coefficient (Wildman–Crippen LogP) is 2.61. The van der Waals surface area contributed by atoms with Crippen molar-refractivity contribution < 1.29 is 9.90 Å². The molecular formula is C15H19N3O2S. The quantitative estimate of drug-likeness (QED) is 0.794. The van der Waals surface area contributed by atoms with Gasteiger partial charge in [0.05, 0.1) is 6.10 Å². The minimum atomic E-state index is -0.569. The summed E-state index contributed by atoms with van der Waals surface area (Å²) >= 11 is 1.37. The van der Waals surface area contributed by atoms with Crippen molar-refractivity contribution in [1.82, 2.24) is 10.3 Å². The Hall–Kier alpha value is -1.92. The van der Waals surface area contributed by atoms with Crippen molar-refractivity contribution in [2.24, 2.45) is 0 Å². The molecule has 0 fully saturated rings. The van der Waals surface area contributed by atoms with E-state index in [0.29, 0.717) is 10.8 Å². The van der Waals surface area contributed by atoms with E-state index in [-0.39, 0.29) is 12.5 Å². The van der Waals surface area contributed by atoms with E-state index in [0.717, 1.165) is 5.69 Å². The van der Waals surface area contributed by atoms with Crippen LogP contribution in [-0.4, -0.2) is 28.6 Å². The monoisotopic (exact) mass is 305 g/mol. The lowest BCUT2D eigenvalue weighted by atomic mass is 10.1. The third kappa shape index (κ3) is 4.27. The zero-order chi connectivity index (χ0) is 15.4. The second kappa shape index (κ2) is 6.69. The second-order valence-electron chi connectivity index (χ2n) is 5.02. The Morgan fingerprint density at radius 3 is 2.81 bits per heavy atom. The smallest absolute Gasteiger partial charge is 0.270 e. The van der Waals surface area contributed by atoms with Gasteiger partial charge in [0.25, 0.3) is 5.91 Å². The largest absolute Gasteiger partial charge is 0.392 e. The number of nitrogens with zero attached hydrogens (tertiary/aromatic N) is 1. The van der Waals surface area contributed by atoms with Gasteiger partial charge in [-0.1, -0.05) is 6.07 Å². The summed E-state index contributed by atoms with van der Waals surface area (Å²) in [6.07, 6.45) is -0.569. The molecule has 1 aromatic carbocycles. The average molecular weight is 305 g/mol. The van der Waals surface area contributed by atoms with Gasteiger partial charge in [0.15, 0.2) is 5.13 Å². The molecule has 1 atom stereocenters. The Morgan fingerprint density at radius 1 is 1.38 bits per heavy atom. The van der Waals surface area contributed by atoms with Crippen LogP contribution >= 0.6 is 11.3 Å². The number of amides is 1. The fourth-order valence-corrected chi connectivity index (χ4v) is 2.42. The van der Waals surface area contributed by atoms with Gasteiger partial charge in [-0.05, 0) is 44.0 Å². The number of anilines is 2. The highest BCUT2D eigenvalue weighted by Crippen LogP contribution is 2.22. The molecule has 1 amide bonds. The van der Waals surface area contributed by atoms with Crippen LogP contribution in [-0.2, 0) is 0 Å². The van der Waals surface area contributed by atoms with E-state index in [1.165, 1.54) is 22.5 Å². The highest BCUT2D eigenvalue weighted by Gasteiger charge is 2.11. The van der Waals surface area contributed by atoms with E-state index in [2.05, 4.69) is 29.5 Å². The van der Waals surface area contributed by atoms with Crippen LogP contribution in [0.15, 0.2) is 23.6 Å². The number of aryl methyl sites for hydroxylation is 2. The van der Waals surface area contributed by atoms with E-state index >= 15 is 0 Å². The Balaban J connectivity index is 2.02. The summed E-state index contributed by atoms with van der Waals surface area (Å²) < 4.78 is 0. The molecule has 112 valence electrons. The first-order chi connectivity index (χ1) is 9.95. The van der Waals surface area contributed by atoms with E-state index in [9.17, 15) is 4.79 Å². The van der Waals surface area contributed by atoms with Gasteiger partial charge in [0.2, 0.25) is 0 Å². The Labute approximate surface area is 128 Å². The lowest BCUT2D eigenvalue weighted by Crippen LogP contribution is -2.30. The Bertz CT molecular complexity index is 638. The first-order valence-corrected chi connectivity index (χ1v) is 7.59. The fraction of sp³-hybridized carbons (Fsp3) is 0.333. The normalized spacial score (nSPS) is 12.0. The molecule has 0 bridgehead atoms. The van der Waals surface area contributed by atoms with Crippen molar-refractivity contribution in [2.45, 2.75) is 26.9 Å². The van der Waals surface area contributed by atoms with Gasteiger partial charge in [-0.25, -0.2) is 4.98 Å². The second-order valence-corrected chi connectivity index (χ2v) is 5.88. The standard InChI is InChI=1S/C15H19N3O2S/c1-9-4-5-12(6-10(9)2)17-15-18-13(8-21-15)14(20)16-7-11(3)19/h4-6,8,11,19H,7H2,1-3H3,(H,16,20)(H,17,18). The molecule has 3 N–H and O–H groups in total. The van der Waals surface area contributed by atoms with Gasteiger partial charge in [-0.3, -0.25) is 4.79 Å². The average Bonchev–Trinajstić information content (AvgIpc) is 2.89. The summed E-state index contributed by atoms with van der Waals surface area (Å²) in [5, 5.41) is 17.3. The number of aromatic nitrogens is 1. The number of carbonyl (C=O) groups is 1. The lowest BCUT2D eigenvalue weighted by molar-refractivity contribution is 0.0920. The van der Waals surface area contributed by atoms with E-state index in [4.69, 9.17) is 5.11 Å². The van der Waals surface area contributed by atoms with E-state index in [1.54, 1.807) is 12.3 Å². The first-order valence-electron chi connectivity index (χ1n) is 6.72. The molecule has 0 spiro atoms. The lowest BCUT2D eigenvalue weighted by Gasteiger charge is -2.06. The maximum Gasteiger partial charge on any atom is 0.270 e. The molecule has 0 radical (unpaired) electrons. The van der Waals surface area contributed by atoms with Crippen LogP contribution in [0.5, 0.6) is 0 Å². The van der Waals surface area contributed by atoms with Crippen molar-refractivity contribution in [2.75, 3.05) is 11.9 Å². The van der Waals surface area contributed by atoms with E-state index in [1.807, 2.05) is 18.2 Å². The van der Waals surface area contributed by atoms with Gasteiger partial charge >= 0.3 is 0 Å². The van der Waals surface area contributed by atoms with Gasteiger partial charge in [-0.2, -0.15) is 0 Å². The van der Waals surface area contributed by atoms with Crippen molar-refractivity contribution in [3.05, 3.63) is 40.4 Å². The molecule has 6 heteroatoms. The van der Waals surface area contributed by atoms with Crippen LogP contribution in [0.25, 0.3) is 0 Å². The number of aliphatic hydroxyl groups is 1. The molecule has 0 saturated heterocycles. The molecule has 2 aromatic rings. The van der Waals surface area contributed by atoms with E-state index < -0.39 is 6.10 Å². The van der Waals surface area contributed by atoms with Gasteiger partial charge in [0.1, 0.15) is 5.69 Å². The van der Waals surface area contributed by atoms with Crippen molar-refractivity contribution in [1.29, 1.82) is 0 Å². The zero-order valence-corrected chi connectivity index (χ0v) is 13.1. The number of carbonyl (C=O) groups excluding carboxylic acids is 1. The number of nitrogens with one attached hydrogen (secondary N) is 2. The van der Waals surface area contributed by atoms with Crippen LogP contribution in [0.2, 0.25) is 0 Å². The fourth-order valence-electron chi connectivity index (χ4n) is 1.71. The minimum absolute atomic E-state index is 0.219. The highest BCUT2D eigenvalue weighted by molar-refractivity contribution is 7.14. The molecule has 0 aliphatic heterocycles. The molecule has 21 heavy (non-hydrogen) atoms. The maximum absolute atomic E-state index is 11.8. The van der Waals surface area contributed by atoms with Gasteiger partial charge in [-0.15, -0.1) is 11.3 Å². The van der Waals surface area contributed by atoms with Crippen molar-refractivity contribution >= 4 is 28.1 Å². The molecular weight excluding hydrogens is 286 g/mol. The molecule has 0 saturated carbocycles. The summed E-state index contributed by atoms with van der Waals surface area (Å²) in [6.45, 7) is 5.95. The summed E-state index contributed by atoms with van der Waals surface area (Å²) in [6, 6.07) is 6.07. The van der Waals surface area contributed by atoms with Gasteiger partial charge < -0.3 is 15.7 Å². The molecule has 5 nitrogen and oxygen atoms in total. The third-order valence-electron chi connectivity index (χ3n) is 3.05. The van der Waals surface area contributed by atoms with Gasteiger partial charge in [0, 0.05) is 17.6 Å². The number of hydrogen-bond acceptors (Lipinski definition) is 5. The summed E-state index contributed by atoms with van der Waals surface area (Å²) in [7, 11) is 0. The molecule has 0 aliphatic rings. The molecule has 0 aliphatic carbocycles. The van der Waals surface area contributed by atoms with Crippen LogP contribution in [0.3, 0.4) is 0 Å². The zero-order valence-electron chi connectivity index (χ0n) is 12.3. The van der Waals surface area contributed by atoms with Crippen LogP contribution < -0.4 is 10.6 Å². The minimum Gasteiger partial charge on any atom is -0.392 e. The molecule has 1 aromatic heterocycles. The number of rotatable bonds is 5. The Morgan fingerprint density at radius 2 is 2.14 bits per heavy atom. The van der Waals surface area contributed by atoms with Crippen LogP contribution in [0, 0.1) is 13.8 Å². The van der Waals surface area contributed by atoms with Crippen molar-refractivity contribution in [3.8, 4) is 0 Å². The molecule has 1 heterocycles. The molecule has 1 unspecified atom stereocenters.